The molecule has 2 saturated heterocycles. The second kappa shape index (κ2) is 9.13. The van der Waals surface area contributed by atoms with Crippen LogP contribution in [0.1, 0.15) is 36.8 Å². The van der Waals surface area contributed by atoms with Gasteiger partial charge in [-0.25, -0.2) is 13.1 Å². The molecule has 144 valence electrons. The molecular formula is C20H30N2O3S. The van der Waals surface area contributed by atoms with Crippen LogP contribution in [0.4, 0.5) is 0 Å². The monoisotopic (exact) mass is 378 g/mol. The summed E-state index contributed by atoms with van der Waals surface area (Å²) in [6.45, 7) is 6.42. The molecule has 1 aromatic carbocycles. The molecule has 0 saturated carbocycles. The molecule has 0 bridgehead atoms. The van der Waals surface area contributed by atoms with Gasteiger partial charge in [-0.05, 0) is 63.3 Å². The smallest absolute Gasteiger partial charge is 0.233 e. The van der Waals surface area contributed by atoms with Crippen LogP contribution in [0.3, 0.4) is 0 Å². The van der Waals surface area contributed by atoms with E-state index in [-0.39, 0.29) is 0 Å². The first kappa shape index (κ1) is 19.5. The molecule has 0 amide bonds. The Morgan fingerprint density at radius 3 is 2.42 bits per heavy atom. The fraction of sp³-hybridized carbons (Fsp3) is 0.600. The van der Waals surface area contributed by atoms with Crippen molar-refractivity contribution >= 4 is 16.1 Å². The van der Waals surface area contributed by atoms with Crippen LogP contribution in [0, 0.1) is 12.8 Å². The number of likely N-dealkylation sites (tertiary alicyclic amines) is 1. The van der Waals surface area contributed by atoms with E-state index in [1.807, 2.05) is 31.2 Å². The van der Waals surface area contributed by atoms with Crippen LogP contribution >= 0.6 is 0 Å². The quantitative estimate of drug-likeness (QED) is 0.827. The zero-order valence-corrected chi connectivity index (χ0v) is 16.4. The molecule has 1 aromatic rings. The van der Waals surface area contributed by atoms with E-state index in [2.05, 4.69) is 9.62 Å². The maximum Gasteiger partial charge on any atom is 0.233 e. The van der Waals surface area contributed by atoms with Crippen molar-refractivity contribution in [2.75, 3.05) is 32.8 Å². The van der Waals surface area contributed by atoms with Crippen molar-refractivity contribution in [2.45, 2.75) is 38.6 Å². The summed E-state index contributed by atoms with van der Waals surface area (Å²) >= 11 is 0. The average Bonchev–Trinajstić information content (AvgIpc) is 2.67. The molecule has 26 heavy (non-hydrogen) atoms. The van der Waals surface area contributed by atoms with E-state index in [1.54, 1.807) is 6.08 Å². The maximum atomic E-state index is 12.2. The lowest BCUT2D eigenvalue weighted by molar-refractivity contribution is 0.0214. The van der Waals surface area contributed by atoms with Gasteiger partial charge in [0.05, 0.1) is 0 Å². The fourth-order valence-corrected chi connectivity index (χ4v) is 4.60. The molecule has 2 fully saturated rings. The Morgan fingerprint density at radius 2 is 1.77 bits per heavy atom. The lowest BCUT2D eigenvalue weighted by Gasteiger charge is -2.39. The van der Waals surface area contributed by atoms with Gasteiger partial charge in [0.2, 0.25) is 10.0 Å². The molecule has 0 atom stereocenters. The lowest BCUT2D eigenvalue weighted by atomic mass is 9.94. The summed E-state index contributed by atoms with van der Waals surface area (Å²) in [5.74, 6) is 0.425. The van der Waals surface area contributed by atoms with Crippen molar-refractivity contribution in [2.24, 2.45) is 5.92 Å². The average molecular weight is 379 g/mol. The van der Waals surface area contributed by atoms with Crippen LogP contribution in [0.2, 0.25) is 0 Å². The summed E-state index contributed by atoms with van der Waals surface area (Å²) in [7, 11) is -3.38. The van der Waals surface area contributed by atoms with Gasteiger partial charge in [-0.15, -0.1) is 0 Å². The highest BCUT2D eigenvalue weighted by Crippen LogP contribution is 2.23. The number of hydrogen-bond donors (Lipinski definition) is 1. The van der Waals surface area contributed by atoms with E-state index < -0.39 is 10.0 Å². The Bertz CT molecular complexity index is 686. The molecule has 2 aliphatic heterocycles. The normalized spacial score (nSPS) is 21.4. The number of sulfonamides is 1. The molecule has 2 heterocycles. The Morgan fingerprint density at radius 1 is 1.12 bits per heavy atom. The summed E-state index contributed by atoms with van der Waals surface area (Å²) in [6, 6.07) is 8.46. The summed E-state index contributed by atoms with van der Waals surface area (Å²) < 4.78 is 32.6. The molecular weight excluding hydrogens is 348 g/mol. The molecule has 0 spiro atoms. The first-order chi connectivity index (χ1) is 12.5. The number of rotatable bonds is 6. The fourth-order valence-electron chi connectivity index (χ4n) is 3.70. The van der Waals surface area contributed by atoms with Gasteiger partial charge in [0.15, 0.2) is 0 Å². The van der Waals surface area contributed by atoms with Gasteiger partial charge in [-0.2, -0.15) is 0 Å². The van der Waals surface area contributed by atoms with Crippen LogP contribution in [0.25, 0.3) is 6.08 Å². The summed E-state index contributed by atoms with van der Waals surface area (Å²) in [5.41, 5.74) is 2.06. The van der Waals surface area contributed by atoms with Crippen molar-refractivity contribution in [3.05, 3.63) is 40.8 Å². The van der Waals surface area contributed by atoms with Crippen molar-refractivity contribution in [1.82, 2.24) is 9.62 Å². The lowest BCUT2D eigenvalue weighted by Crippen LogP contribution is -2.45. The van der Waals surface area contributed by atoms with Crippen LogP contribution in [0.5, 0.6) is 0 Å². The van der Waals surface area contributed by atoms with Crippen LogP contribution in [0.15, 0.2) is 29.7 Å². The van der Waals surface area contributed by atoms with E-state index in [0.717, 1.165) is 63.1 Å². The molecule has 5 nitrogen and oxygen atoms in total. The summed E-state index contributed by atoms with van der Waals surface area (Å²) in [5, 5.41) is 1.27. The molecule has 0 aromatic heterocycles. The molecule has 1 N–H and O–H groups in total. The highest BCUT2D eigenvalue weighted by atomic mass is 32.2. The number of ether oxygens (including phenoxy) is 1. The van der Waals surface area contributed by atoms with E-state index in [4.69, 9.17) is 4.74 Å². The zero-order valence-electron chi connectivity index (χ0n) is 15.6. The number of hydrogen-bond acceptors (Lipinski definition) is 4. The summed E-state index contributed by atoms with van der Waals surface area (Å²) in [6.07, 6.45) is 6.01. The molecule has 0 aliphatic carbocycles. The van der Waals surface area contributed by atoms with Crippen LogP contribution in [-0.2, 0) is 14.8 Å². The largest absolute Gasteiger partial charge is 0.381 e. The zero-order chi connectivity index (χ0) is 18.4. The first-order valence-electron chi connectivity index (χ1n) is 9.58. The second-order valence-corrected chi connectivity index (χ2v) is 9.08. The number of nitrogens with one attached hydrogen (secondary N) is 1. The van der Waals surface area contributed by atoms with Crippen LogP contribution < -0.4 is 4.72 Å². The van der Waals surface area contributed by atoms with Gasteiger partial charge in [0, 0.05) is 31.2 Å². The Hall–Kier alpha value is -1.21. The van der Waals surface area contributed by atoms with E-state index in [1.165, 1.54) is 5.41 Å². The first-order valence-corrected chi connectivity index (χ1v) is 11.1. The highest BCUT2D eigenvalue weighted by Gasteiger charge is 2.26. The Balaban J connectivity index is 1.42. The standard InChI is InChI=1S/C20H30N2O3S/c1-17-2-4-18(5-3-17)10-15-26(23,24)21-16-19-6-11-22(12-7-19)20-8-13-25-14-9-20/h2-5,10,15,19-21H,6-9,11-14,16H2,1H3. The Labute approximate surface area is 157 Å². The molecule has 6 heteroatoms. The molecule has 0 unspecified atom stereocenters. The minimum Gasteiger partial charge on any atom is -0.381 e. The van der Waals surface area contributed by atoms with E-state index in [9.17, 15) is 8.42 Å². The van der Waals surface area contributed by atoms with Gasteiger partial charge >= 0.3 is 0 Å². The van der Waals surface area contributed by atoms with Crippen LogP contribution in [-0.4, -0.2) is 52.2 Å². The van der Waals surface area contributed by atoms with E-state index >= 15 is 0 Å². The van der Waals surface area contributed by atoms with Gasteiger partial charge in [-0.3, -0.25) is 0 Å². The summed E-state index contributed by atoms with van der Waals surface area (Å²) in [4.78, 5) is 2.56. The molecule has 2 aliphatic rings. The number of nitrogens with zero attached hydrogens (tertiary/aromatic N) is 1. The maximum absolute atomic E-state index is 12.2. The highest BCUT2D eigenvalue weighted by molar-refractivity contribution is 7.92. The van der Waals surface area contributed by atoms with Gasteiger partial charge in [0.1, 0.15) is 0 Å². The Kier molecular flexibility index (Phi) is 6.86. The number of piperidine rings is 1. The third-order valence-corrected chi connectivity index (χ3v) is 6.51. The van der Waals surface area contributed by atoms with Crippen molar-refractivity contribution in [3.63, 3.8) is 0 Å². The predicted octanol–water partition coefficient (Wildman–Crippen LogP) is 2.78. The minimum absolute atomic E-state index is 0.425. The van der Waals surface area contributed by atoms with Gasteiger partial charge in [0.25, 0.3) is 0 Å². The van der Waals surface area contributed by atoms with Gasteiger partial charge < -0.3 is 9.64 Å². The number of aryl methyl sites for hydroxylation is 1. The molecule has 0 radical (unpaired) electrons. The van der Waals surface area contributed by atoms with E-state index in [0.29, 0.717) is 18.5 Å². The third kappa shape index (κ3) is 5.91. The number of benzene rings is 1. The topological polar surface area (TPSA) is 58.6 Å². The van der Waals surface area contributed by atoms with Crippen molar-refractivity contribution < 1.29 is 13.2 Å². The predicted molar refractivity (Wildman–Crippen MR) is 105 cm³/mol. The SMILES string of the molecule is Cc1ccc(C=CS(=O)(=O)NCC2CCN(C3CCOCC3)CC2)cc1. The second-order valence-electron chi connectivity index (χ2n) is 7.43. The minimum atomic E-state index is -3.38. The molecule has 3 rings (SSSR count). The van der Waals surface area contributed by atoms with Crippen molar-refractivity contribution in [3.8, 4) is 0 Å². The van der Waals surface area contributed by atoms with Gasteiger partial charge in [-0.1, -0.05) is 29.8 Å². The third-order valence-electron chi connectivity index (χ3n) is 5.45. The van der Waals surface area contributed by atoms with Crippen molar-refractivity contribution in [1.29, 1.82) is 0 Å².